The number of hydrogen-bond donors (Lipinski definition) is 0. The van der Waals surface area contributed by atoms with Crippen molar-refractivity contribution < 1.29 is 19.3 Å². The van der Waals surface area contributed by atoms with Gasteiger partial charge in [0.15, 0.2) is 0 Å². The molecule has 3 aliphatic rings. The van der Waals surface area contributed by atoms with E-state index in [0.29, 0.717) is 0 Å². The summed E-state index contributed by atoms with van der Waals surface area (Å²) in [7, 11) is 0. The maximum atomic E-state index is 13.5. The van der Waals surface area contributed by atoms with Crippen LogP contribution in [0.25, 0.3) is 0 Å². The molecule has 158 valence electrons. The molecule has 8 nitrogen and oxygen atoms in total. The number of carbonyl (C=O) groups excluding carboxylic acids is 3. The van der Waals surface area contributed by atoms with Gasteiger partial charge in [0.2, 0.25) is 0 Å². The number of nitrogens with zero attached hydrogens (tertiary/aromatic N) is 3. The molecule has 8 heteroatoms. The van der Waals surface area contributed by atoms with Crippen LogP contribution in [0.3, 0.4) is 0 Å². The predicted molar refractivity (Wildman–Crippen MR) is 109 cm³/mol. The van der Waals surface area contributed by atoms with Gasteiger partial charge >= 0.3 is 0 Å². The number of fused-ring (bicyclic) bond motifs is 5. The Balaban J connectivity index is 1.53. The largest absolute Gasteiger partial charge is 0.273 e. The lowest BCUT2D eigenvalue weighted by Gasteiger charge is -2.31. The molecule has 5 rings (SSSR count). The van der Waals surface area contributed by atoms with Crippen LogP contribution >= 0.6 is 0 Å². The predicted octanol–water partition coefficient (Wildman–Crippen LogP) is 3.18. The normalized spacial score (nSPS) is 26.3. The van der Waals surface area contributed by atoms with Crippen LogP contribution in [0.1, 0.15) is 35.2 Å². The summed E-state index contributed by atoms with van der Waals surface area (Å²) in [6.45, 7) is 0.0224. The first-order valence-electron chi connectivity index (χ1n) is 10.4. The highest BCUT2D eigenvalue weighted by Crippen LogP contribution is 2.56. The highest BCUT2D eigenvalue weighted by molar-refractivity contribution is 6.08. The maximum Gasteiger partial charge on any atom is 0.273 e. The highest BCUT2D eigenvalue weighted by Gasteiger charge is 2.62. The van der Waals surface area contributed by atoms with E-state index in [2.05, 4.69) is 0 Å². The van der Waals surface area contributed by atoms with E-state index < -0.39 is 10.8 Å². The molecule has 1 heterocycles. The molecule has 2 aromatic carbocycles. The number of hydrogen-bond acceptors (Lipinski definition) is 5. The summed E-state index contributed by atoms with van der Waals surface area (Å²) >= 11 is 0. The lowest BCUT2D eigenvalue weighted by Crippen LogP contribution is -2.50. The molecule has 2 aromatic rings. The quantitative estimate of drug-likeness (QED) is 0.421. The Morgan fingerprint density at radius 1 is 1.00 bits per heavy atom. The van der Waals surface area contributed by atoms with Crippen molar-refractivity contribution in [3.63, 3.8) is 0 Å². The zero-order chi connectivity index (χ0) is 21.7. The third-order valence-corrected chi connectivity index (χ3v) is 6.86. The van der Waals surface area contributed by atoms with Gasteiger partial charge in [-0.05, 0) is 42.7 Å². The molecule has 2 saturated carbocycles. The van der Waals surface area contributed by atoms with Gasteiger partial charge in [0, 0.05) is 17.7 Å². The maximum absolute atomic E-state index is 13.5. The molecule has 4 atom stereocenters. The van der Waals surface area contributed by atoms with Gasteiger partial charge in [-0.3, -0.25) is 24.5 Å². The first-order chi connectivity index (χ1) is 15.0. The molecule has 2 aliphatic carbocycles. The molecule has 0 unspecified atom stereocenters. The Kier molecular flexibility index (Phi) is 4.57. The van der Waals surface area contributed by atoms with Gasteiger partial charge in [-0.25, -0.2) is 5.01 Å². The minimum atomic E-state index is -0.610. The molecule has 0 radical (unpaired) electrons. The number of amides is 3. The minimum absolute atomic E-state index is 0.0224. The Morgan fingerprint density at radius 2 is 1.65 bits per heavy atom. The highest BCUT2D eigenvalue weighted by atomic mass is 16.6. The van der Waals surface area contributed by atoms with Gasteiger partial charge in [0.05, 0.1) is 23.3 Å². The first-order valence-corrected chi connectivity index (χ1v) is 10.4. The number of nitro benzene ring substituents is 1. The van der Waals surface area contributed by atoms with Crippen molar-refractivity contribution in [3.05, 3.63) is 75.8 Å². The Labute approximate surface area is 178 Å². The molecule has 3 fully saturated rings. The molecule has 1 aliphatic heterocycles. The van der Waals surface area contributed by atoms with Gasteiger partial charge in [-0.1, -0.05) is 36.4 Å². The van der Waals surface area contributed by atoms with Crippen molar-refractivity contribution in [1.29, 1.82) is 0 Å². The SMILES string of the molecule is O=C(c1cccc([N+](=O)[O-])c1)N(Cc1ccccc1)N1C(=O)[C@@H]2[C@@H]3CC[C@@H](C3)[C@@H]2C1=O. The second-order valence-electron chi connectivity index (χ2n) is 8.53. The summed E-state index contributed by atoms with van der Waals surface area (Å²) < 4.78 is 0. The summed E-state index contributed by atoms with van der Waals surface area (Å²) in [6.07, 6.45) is 2.78. The topological polar surface area (TPSA) is 101 Å². The molecule has 0 spiro atoms. The van der Waals surface area contributed by atoms with Crippen LogP contribution in [0.15, 0.2) is 54.6 Å². The molecule has 3 amide bonds. The number of carbonyl (C=O) groups is 3. The van der Waals surface area contributed by atoms with Gasteiger partial charge < -0.3 is 0 Å². The second kappa shape index (κ2) is 7.30. The van der Waals surface area contributed by atoms with Crippen LogP contribution in [-0.4, -0.2) is 32.7 Å². The number of benzene rings is 2. The second-order valence-corrected chi connectivity index (χ2v) is 8.53. The van der Waals surface area contributed by atoms with Crippen molar-refractivity contribution in [2.45, 2.75) is 25.8 Å². The van der Waals surface area contributed by atoms with E-state index in [1.54, 1.807) is 0 Å². The van der Waals surface area contributed by atoms with Gasteiger partial charge in [-0.2, -0.15) is 5.01 Å². The summed E-state index contributed by atoms with van der Waals surface area (Å²) in [5.41, 5.74) is 0.590. The van der Waals surface area contributed by atoms with Crippen LogP contribution in [-0.2, 0) is 16.1 Å². The van der Waals surface area contributed by atoms with Crippen LogP contribution in [0.4, 0.5) is 5.69 Å². The lowest BCUT2D eigenvalue weighted by molar-refractivity contribution is -0.384. The fourth-order valence-corrected chi connectivity index (χ4v) is 5.52. The molecular formula is C23H21N3O5. The van der Waals surface area contributed by atoms with Crippen LogP contribution in [0.2, 0.25) is 0 Å². The van der Waals surface area contributed by atoms with Crippen LogP contribution in [0.5, 0.6) is 0 Å². The van der Waals surface area contributed by atoms with Gasteiger partial charge in [0.25, 0.3) is 23.4 Å². The third-order valence-electron chi connectivity index (χ3n) is 6.86. The number of imide groups is 1. The zero-order valence-electron chi connectivity index (χ0n) is 16.7. The van der Waals surface area contributed by atoms with E-state index in [0.717, 1.165) is 34.8 Å². The molecule has 0 aromatic heterocycles. The summed E-state index contributed by atoms with van der Waals surface area (Å²) in [6, 6.07) is 14.4. The van der Waals surface area contributed by atoms with E-state index in [-0.39, 0.29) is 53.3 Å². The number of non-ortho nitro benzene ring substituents is 1. The van der Waals surface area contributed by atoms with Crippen molar-refractivity contribution in [3.8, 4) is 0 Å². The number of hydrazine groups is 1. The van der Waals surface area contributed by atoms with E-state index in [9.17, 15) is 24.5 Å². The Morgan fingerprint density at radius 3 is 2.26 bits per heavy atom. The van der Waals surface area contributed by atoms with Crippen LogP contribution < -0.4 is 0 Å². The van der Waals surface area contributed by atoms with Crippen molar-refractivity contribution in [2.24, 2.45) is 23.7 Å². The molecule has 1 saturated heterocycles. The summed E-state index contributed by atoms with van der Waals surface area (Å²) in [5, 5.41) is 13.4. The fraction of sp³-hybridized carbons (Fsp3) is 0.348. The molecule has 31 heavy (non-hydrogen) atoms. The van der Waals surface area contributed by atoms with Crippen LogP contribution in [0, 0.1) is 33.8 Å². The number of nitro groups is 1. The Bertz CT molecular complexity index is 1060. The molecule has 0 N–H and O–H groups in total. The van der Waals surface area contributed by atoms with E-state index in [4.69, 9.17) is 0 Å². The van der Waals surface area contributed by atoms with E-state index in [1.807, 2.05) is 30.3 Å². The molecular weight excluding hydrogens is 398 g/mol. The standard InChI is InChI=1S/C23H21N3O5/c27-21(17-7-4-8-18(12-17)26(30)31)24(13-14-5-2-1-3-6-14)25-22(28)19-15-9-10-16(11-15)20(19)23(25)29/h1-8,12,15-16,19-20H,9-11,13H2/t15-,16+,19-,20+. The number of rotatable bonds is 5. The van der Waals surface area contributed by atoms with Crippen molar-refractivity contribution >= 4 is 23.4 Å². The third kappa shape index (κ3) is 3.10. The van der Waals surface area contributed by atoms with Gasteiger partial charge in [0.1, 0.15) is 0 Å². The first kappa shape index (κ1) is 19.4. The summed E-state index contributed by atoms with van der Waals surface area (Å²) in [4.78, 5) is 50.7. The zero-order valence-corrected chi connectivity index (χ0v) is 16.7. The average Bonchev–Trinajstić information content (AvgIpc) is 3.46. The monoisotopic (exact) mass is 419 g/mol. The minimum Gasteiger partial charge on any atom is -0.272 e. The average molecular weight is 419 g/mol. The van der Waals surface area contributed by atoms with Gasteiger partial charge in [-0.15, -0.1) is 0 Å². The summed E-state index contributed by atoms with van der Waals surface area (Å²) in [5.74, 6) is -1.58. The fourth-order valence-electron chi connectivity index (χ4n) is 5.52. The smallest absolute Gasteiger partial charge is 0.272 e. The molecule has 2 bridgehead atoms. The van der Waals surface area contributed by atoms with E-state index in [1.165, 1.54) is 24.3 Å². The Hall–Kier alpha value is -3.55. The van der Waals surface area contributed by atoms with E-state index >= 15 is 0 Å². The van der Waals surface area contributed by atoms with Crippen molar-refractivity contribution in [1.82, 2.24) is 10.0 Å². The van der Waals surface area contributed by atoms with Crippen molar-refractivity contribution in [2.75, 3.05) is 0 Å². The lowest BCUT2D eigenvalue weighted by atomic mass is 9.81.